The van der Waals surface area contributed by atoms with Crippen molar-refractivity contribution in [3.8, 4) is 11.7 Å². The van der Waals surface area contributed by atoms with Crippen molar-refractivity contribution in [2.24, 2.45) is 0 Å². The Morgan fingerprint density at radius 3 is 2.92 bits per heavy atom. The van der Waals surface area contributed by atoms with Gasteiger partial charge in [-0.25, -0.2) is 15.0 Å². The van der Waals surface area contributed by atoms with Gasteiger partial charge < -0.3 is 9.64 Å². The number of imidazole rings is 1. The molecule has 0 atom stereocenters. The van der Waals surface area contributed by atoms with Gasteiger partial charge >= 0.3 is 0 Å². The van der Waals surface area contributed by atoms with E-state index in [0.717, 1.165) is 5.69 Å². The van der Waals surface area contributed by atoms with Crippen LogP contribution in [0.2, 0.25) is 0 Å². The largest absolute Gasteiger partial charge is 0.474 e. The molecule has 3 aromatic rings. The molecule has 0 radical (unpaired) electrons. The van der Waals surface area contributed by atoms with Gasteiger partial charge in [0.2, 0.25) is 5.88 Å². The van der Waals surface area contributed by atoms with E-state index in [1.54, 1.807) is 46.5 Å². The highest BCUT2D eigenvalue weighted by Crippen LogP contribution is 2.30. The number of hydrogen-bond acceptors (Lipinski definition) is 5. The molecule has 0 spiro atoms. The van der Waals surface area contributed by atoms with Crippen molar-refractivity contribution in [1.29, 1.82) is 0 Å². The second-order valence-corrected chi connectivity index (χ2v) is 5.46. The summed E-state index contributed by atoms with van der Waals surface area (Å²) < 4.78 is 7.34. The number of aryl methyl sites for hydroxylation is 1. The summed E-state index contributed by atoms with van der Waals surface area (Å²) in [5.41, 5.74) is 2.07. The zero-order valence-corrected chi connectivity index (χ0v) is 13.1. The van der Waals surface area contributed by atoms with Crippen molar-refractivity contribution in [2.75, 3.05) is 18.1 Å². The van der Waals surface area contributed by atoms with Crippen molar-refractivity contribution >= 4 is 11.6 Å². The summed E-state index contributed by atoms with van der Waals surface area (Å²) in [6.45, 7) is 2.80. The summed E-state index contributed by atoms with van der Waals surface area (Å²) in [7, 11) is 0. The molecular formula is C17H15N5O2. The number of rotatable bonds is 2. The number of fused-ring (bicyclic) bond motifs is 1. The summed E-state index contributed by atoms with van der Waals surface area (Å²) in [5, 5.41) is 0. The van der Waals surface area contributed by atoms with Crippen LogP contribution < -0.4 is 9.64 Å². The first-order valence-electron chi connectivity index (χ1n) is 7.59. The Morgan fingerprint density at radius 2 is 2.17 bits per heavy atom. The maximum absolute atomic E-state index is 12.8. The molecular weight excluding hydrogens is 306 g/mol. The molecule has 24 heavy (non-hydrogen) atoms. The Balaban J connectivity index is 1.63. The molecule has 4 rings (SSSR count). The Bertz CT molecular complexity index is 875. The summed E-state index contributed by atoms with van der Waals surface area (Å²) >= 11 is 0. The van der Waals surface area contributed by atoms with E-state index in [2.05, 4.69) is 15.0 Å². The molecule has 1 amide bonds. The van der Waals surface area contributed by atoms with Gasteiger partial charge in [0.25, 0.3) is 5.91 Å². The molecule has 0 unspecified atom stereocenters. The van der Waals surface area contributed by atoms with Crippen LogP contribution in [0.15, 0.2) is 49.2 Å². The second kappa shape index (κ2) is 5.77. The first kappa shape index (κ1) is 14.4. The molecule has 3 aromatic heterocycles. The van der Waals surface area contributed by atoms with E-state index < -0.39 is 0 Å². The number of pyridine rings is 2. The smallest absolute Gasteiger partial charge is 0.260 e. The molecule has 7 heteroatoms. The number of aromatic nitrogens is 4. The van der Waals surface area contributed by atoms with Crippen LogP contribution in [-0.2, 0) is 0 Å². The summed E-state index contributed by atoms with van der Waals surface area (Å²) in [6.07, 6.45) is 6.72. The molecule has 0 saturated heterocycles. The van der Waals surface area contributed by atoms with E-state index in [9.17, 15) is 4.79 Å². The Morgan fingerprint density at radius 1 is 1.25 bits per heavy atom. The summed E-state index contributed by atoms with van der Waals surface area (Å²) in [4.78, 5) is 27.2. The van der Waals surface area contributed by atoms with E-state index in [-0.39, 0.29) is 5.91 Å². The third-order valence-corrected chi connectivity index (χ3v) is 3.83. The van der Waals surface area contributed by atoms with E-state index in [4.69, 9.17) is 4.74 Å². The Kier molecular flexibility index (Phi) is 3.45. The number of nitrogens with zero attached hydrogens (tertiary/aromatic N) is 5. The van der Waals surface area contributed by atoms with Crippen molar-refractivity contribution in [1.82, 2.24) is 19.5 Å². The minimum atomic E-state index is -0.116. The fourth-order valence-corrected chi connectivity index (χ4v) is 2.62. The fraction of sp³-hybridized carbons (Fsp3) is 0.176. The molecule has 0 fully saturated rings. The minimum Gasteiger partial charge on any atom is -0.474 e. The van der Waals surface area contributed by atoms with Crippen LogP contribution >= 0.6 is 0 Å². The maximum atomic E-state index is 12.8. The molecule has 0 bridgehead atoms. The van der Waals surface area contributed by atoms with Gasteiger partial charge in [0.15, 0.2) is 0 Å². The Hall–Kier alpha value is -3.22. The number of amides is 1. The van der Waals surface area contributed by atoms with Crippen molar-refractivity contribution in [2.45, 2.75) is 6.92 Å². The lowest BCUT2D eigenvalue weighted by Crippen LogP contribution is -2.38. The van der Waals surface area contributed by atoms with Gasteiger partial charge in [-0.05, 0) is 31.2 Å². The number of carbonyl (C=O) groups excluding carboxylic acids is 1. The van der Waals surface area contributed by atoms with Gasteiger partial charge in [-0.3, -0.25) is 9.36 Å². The van der Waals surface area contributed by atoms with Gasteiger partial charge in [-0.15, -0.1) is 0 Å². The topological polar surface area (TPSA) is 73.1 Å². The van der Waals surface area contributed by atoms with Crippen LogP contribution in [0.4, 0.5) is 5.69 Å². The lowest BCUT2D eigenvalue weighted by molar-refractivity contribution is 0.0975. The first-order valence-corrected chi connectivity index (χ1v) is 7.59. The number of hydrogen-bond donors (Lipinski definition) is 0. The highest BCUT2D eigenvalue weighted by Gasteiger charge is 2.26. The molecule has 0 N–H and O–H groups in total. The van der Waals surface area contributed by atoms with Crippen LogP contribution in [0.3, 0.4) is 0 Å². The third-order valence-electron chi connectivity index (χ3n) is 3.83. The number of ether oxygens (including phenoxy) is 1. The van der Waals surface area contributed by atoms with Crippen LogP contribution in [0.25, 0.3) is 5.82 Å². The average Bonchev–Trinajstić information content (AvgIpc) is 3.15. The highest BCUT2D eigenvalue weighted by molar-refractivity contribution is 6.06. The zero-order chi connectivity index (χ0) is 16.5. The van der Waals surface area contributed by atoms with Gasteiger partial charge in [-0.1, -0.05) is 0 Å². The van der Waals surface area contributed by atoms with Gasteiger partial charge in [0.1, 0.15) is 24.4 Å². The standard InChI is InChI=1S/C17H15N5O2/c1-12-2-4-14-16(20-12)24-9-8-22(14)17(23)13-3-5-15(19-10-13)21-7-6-18-11-21/h2-7,10-11H,8-9H2,1H3. The predicted molar refractivity (Wildman–Crippen MR) is 87.5 cm³/mol. The monoisotopic (exact) mass is 321 g/mol. The van der Waals surface area contributed by atoms with Crippen LogP contribution in [0.5, 0.6) is 5.88 Å². The molecule has 1 aliphatic rings. The highest BCUT2D eigenvalue weighted by atomic mass is 16.5. The summed E-state index contributed by atoms with van der Waals surface area (Å²) in [6, 6.07) is 7.29. The first-order chi connectivity index (χ1) is 11.7. The van der Waals surface area contributed by atoms with Crippen LogP contribution in [0.1, 0.15) is 16.1 Å². The lowest BCUT2D eigenvalue weighted by atomic mass is 10.2. The van der Waals surface area contributed by atoms with Gasteiger partial charge in [0, 0.05) is 24.3 Å². The quantitative estimate of drug-likeness (QED) is 0.722. The maximum Gasteiger partial charge on any atom is 0.260 e. The SMILES string of the molecule is Cc1ccc2c(n1)OCCN2C(=O)c1ccc(-n2ccnc2)nc1. The molecule has 4 heterocycles. The molecule has 0 aliphatic carbocycles. The summed E-state index contributed by atoms with van der Waals surface area (Å²) in [5.74, 6) is 1.09. The Labute approximate surface area is 138 Å². The molecule has 7 nitrogen and oxygen atoms in total. The number of anilines is 1. The van der Waals surface area contributed by atoms with E-state index in [1.165, 1.54) is 0 Å². The molecule has 1 aliphatic heterocycles. The average molecular weight is 321 g/mol. The number of carbonyl (C=O) groups is 1. The van der Waals surface area contributed by atoms with Crippen molar-refractivity contribution in [3.05, 3.63) is 60.4 Å². The van der Waals surface area contributed by atoms with E-state index in [0.29, 0.717) is 36.1 Å². The zero-order valence-electron chi connectivity index (χ0n) is 13.1. The third kappa shape index (κ3) is 2.50. The van der Waals surface area contributed by atoms with E-state index >= 15 is 0 Å². The van der Waals surface area contributed by atoms with Crippen LogP contribution in [0, 0.1) is 6.92 Å². The molecule has 120 valence electrons. The second-order valence-electron chi connectivity index (χ2n) is 5.46. The van der Waals surface area contributed by atoms with E-state index in [1.807, 2.05) is 19.1 Å². The van der Waals surface area contributed by atoms with Gasteiger partial charge in [0.05, 0.1) is 12.1 Å². The molecule has 0 saturated carbocycles. The van der Waals surface area contributed by atoms with Crippen molar-refractivity contribution < 1.29 is 9.53 Å². The predicted octanol–water partition coefficient (Wildman–Crippen LogP) is 2.01. The molecule has 0 aromatic carbocycles. The normalized spacial score (nSPS) is 13.3. The van der Waals surface area contributed by atoms with Crippen molar-refractivity contribution in [3.63, 3.8) is 0 Å². The lowest BCUT2D eigenvalue weighted by Gasteiger charge is -2.28. The fourth-order valence-electron chi connectivity index (χ4n) is 2.62. The minimum absolute atomic E-state index is 0.116. The van der Waals surface area contributed by atoms with Crippen LogP contribution in [-0.4, -0.2) is 38.6 Å². The van der Waals surface area contributed by atoms with Gasteiger partial charge in [-0.2, -0.15) is 0 Å².